The number of Topliss-reactive ketones (excluding diaryl/α,β-unsaturated/α-hetero) is 1. The molecular weight excluding hydrogens is 328 g/mol. The van der Waals surface area contributed by atoms with Crippen molar-refractivity contribution in [3.05, 3.63) is 68.5 Å². The van der Waals surface area contributed by atoms with Gasteiger partial charge in [-0.25, -0.2) is 4.79 Å². The number of nitrogens with one attached hydrogen (secondary N) is 1. The molecule has 1 aromatic carbocycles. The Morgan fingerprint density at radius 2 is 2.04 bits per heavy atom. The van der Waals surface area contributed by atoms with Crippen LogP contribution in [0, 0.1) is 6.92 Å². The monoisotopic (exact) mass is 346 g/mol. The first-order valence-corrected chi connectivity index (χ1v) is 7.77. The Bertz CT molecular complexity index is 903. The maximum Gasteiger partial charge on any atom is 0.330 e. The first-order valence-electron chi connectivity index (χ1n) is 7.77. The zero-order valence-corrected chi connectivity index (χ0v) is 13.5. The number of benzene rings is 1. The van der Waals surface area contributed by atoms with Crippen molar-refractivity contribution < 1.29 is 19.7 Å². The lowest BCUT2D eigenvalue weighted by Gasteiger charge is -2.28. The SMILES string of the molecule is Cc1cn([C@H]2C[C@@H](O)[C@](CO)(C(=O)c3ccccc3)O2)c(=O)[nH]c1=O. The Morgan fingerprint density at radius 1 is 1.36 bits per heavy atom. The number of hydrogen-bond acceptors (Lipinski definition) is 6. The standard InChI is InChI=1S/C17H18N2O6/c1-10-8-19(16(24)18-15(10)23)13-7-12(21)17(9-20,25-13)14(22)11-5-3-2-4-6-11/h2-6,8,12-13,20-21H,7,9H2,1H3,(H,18,23,24)/t12-,13-,17-/m1/s1. The van der Waals surface area contributed by atoms with Crippen LogP contribution in [0.3, 0.4) is 0 Å². The van der Waals surface area contributed by atoms with Crippen LogP contribution in [-0.2, 0) is 4.74 Å². The third-order valence-electron chi connectivity index (χ3n) is 4.42. The normalized spacial score (nSPS) is 25.9. The van der Waals surface area contributed by atoms with Crippen molar-refractivity contribution in [2.75, 3.05) is 6.61 Å². The molecule has 1 aliphatic rings. The van der Waals surface area contributed by atoms with Crippen LogP contribution in [0.4, 0.5) is 0 Å². The van der Waals surface area contributed by atoms with Gasteiger partial charge >= 0.3 is 5.69 Å². The number of aliphatic hydroxyl groups excluding tert-OH is 2. The number of hydrogen-bond donors (Lipinski definition) is 3. The number of carbonyl (C=O) groups excluding carboxylic acids is 1. The topological polar surface area (TPSA) is 122 Å². The van der Waals surface area contributed by atoms with Gasteiger partial charge in [0.05, 0.1) is 12.7 Å². The van der Waals surface area contributed by atoms with E-state index in [1.54, 1.807) is 30.3 Å². The van der Waals surface area contributed by atoms with Crippen molar-refractivity contribution in [1.29, 1.82) is 0 Å². The van der Waals surface area contributed by atoms with Gasteiger partial charge in [0.2, 0.25) is 0 Å². The third kappa shape index (κ3) is 2.84. The van der Waals surface area contributed by atoms with Crippen LogP contribution >= 0.6 is 0 Å². The highest BCUT2D eigenvalue weighted by atomic mass is 16.6. The summed E-state index contributed by atoms with van der Waals surface area (Å²) in [5.74, 6) is -0.570. The second-order valence-electron chi connectivity index (χ2n) is 6.05. The molecule has 0 aliphatic carbocycles. The molecule has 2 aromatic rings. The predicted octanol–water partition coefficient (Wildman–Crippen LogP) is -0.261. The molecule has 8 heteroatoms. The number of nitrogens with zero attached hydrogens (tertiary/aromatic N) is 1. The Balaban J connectivity index is 1.99. The molecule has 0 unspecified atom stereocenters. The second-order valence-corrected chi connectivity index (χ2v) is 6.05. The molecule has 3 atom stereocenters. The molecule has 1 saturated heterocycles. The Hall–Kier alpha value is -2.55. The molecule has 132 valence electrons. The van der Waals surface area contributed by atoms with Gasteiger partial charge < -0.3 is 14.9 Å². The zero-order valence-electron chi connectivity index (χ0n) is 13.5. The number of carbonyl (C=O) groups is 1. The van der Waals surface area contributed by atoms with Crippen LogP contribution < -0.4 is 11.2 Å². The van der Waals surface area contributed by atoms with E-state index in [9.17, 15) is 24.6 Å². The van der Waals surface area contributed by atoms with Crippen LogP contribution in [0.5, 0.6) is 0 Å². The van der Waals surface area contributed by atoms with E-state index in [4.69, 9.17) is 4.74 Å². The van der Waals surface area contributed by atoms with Gasteiger partial charge in [-0.05, 0) is 6.92 Å². The lowest BCUT2D eigenvalue weighted by Crippen LogP contribution is -2.50. The smallest absolute Gasteiger partial charge is 0.330 e. The summed E-state index contributed by atoms with van der Waals surface area (Å²) in [6, 6.07) is 8.17. The van der Waals surface area contributed by atoms with Crippen molar-refractivity contribution in [3.8, 4) is 0 Å². The van der Waals surface area contributed by atoms with Crippen LogP contribution in [-0.4, -0.2) is 43.9 Å². The van der Waals surface area contributed by atoms with E-state index in [2.05, 4.69) is 4.98 Å². The quantitative estimate of drug-likeness (QED) is 0.656. The highest BCUT2D eigenvalue weighted by molar-refractivity contribution is 6.03. The number of rotatable bonds is 4. The summed E-state index contributed by atoms with van der Waals surface area (Å²) in [5, 5.41) is 20.2. The summed E-state index contributed by atoms with van der Waals surface area (Å²) in [7, 11) is 0. The minimum atomic E-state index is -1.87. The average molecular weight is 346 g/mol. The number of aryl methyl sites for hydroxylation is 1. The highest BCUT2D eigenvalue weighted by Crippen LogP contribution is 2.38. The molecule has 1 aliphatic heterocycles. The second kappa shape index (κ2) is 6.40. The van der Waals surface area contributed by atoms with Gasteiger partial charge in [0.1, 0.15) is 6.23 Å². The molecule has 0 spiro atoms. The molecule has 0 amide bonds. The molecule has 3 rings (SSSR count). The molecule has 3 N–H and O–H groups in total. The number of aromatic nitrogens is 2. The van der Waals surface area contributed by atoms with Crippen molar-refractivity contribution in [2.24, 2.45) is 0 Å². The van der Waals surface area contributed by atoms with E-state index in [1.807, 2.05) is 0 Å². The molecule has 1 aromatic heterocycles. The number of H-pyrrole nitrogens is 1. The molecular formula is C17H18N2O6. The Labute approximate surface area is 142 Å². The predicted molar refractivity (Wildman–Crippen MR) is 87.4 cm³/mol. The van der Waals surface area contributed by atoms with Crippen molar-refractivity contribution >= 4 is 5.78 Å². The van der Waals surface area contributed by atoms with E-state index >= 15 is 0 Å². The van der Waals surface area contributed by atoms with E-state index in [0.29, 0.717) is 0 Å². The van der Waals surface area contributed by atoms with E-state index in [0.717, 1.165) is 4.57 Å². The minimum Gasteiger partial charge on any atom is -0.393 e. The fourth-order valence-electron chi connectivity index (χ4n) is 2.97. The van der Waals surface area contributed by atoms with E-state index in [-0.39, 0.29) is 17.5 Å². The van der Waals surface area contributed by atoms with Gasteiger partial charge in [-0.1, -0.05) is 30.3 Å². The highest BCUT2D eigenvalue weighted by Gasteiger charge is 2.54. The van der Waals surface area contributed by atoms with Crippen molar-refractivity contribution in [1.82, 2.24) is 9.55 Å². The van der Waals surface area contributed by atoms with Gasteiger partial charge in [0.25, 0.3) is 5.56 Å². The van der Waals surface area contributed by atoms with E-state index < -0.39 is 41.6 Å². The number of aliphatic hydroxyl groups is 2. The third-order valence-corrected chi connectivity index (χ3v) is 4.42. The van der Waals surface area contributed by atoms with Gasteiger partial charge in [-0.2, -0.15) is 0 Å². The number of ether oxygens (including phenoxy) is 1. The molecule has 0 radical (unpaired) electrons. The molecule has 2 heterocycles. The van der Waals surface area contributed by atoms with Gasteiger partial charge in [-0.15, -0.1) is 0 Å². The van der Waals surface area contributed by atoms with Gasteiger partial charge in [-0.3, -0.25) is 19.1 Å². The molecule has 0 bridgehead atoms. The summed E-state index contributed by atoms with van der Waals surface area (Å²) in [4.78, 5) is 38.5. The lowest BCUT2D eigenvalue weighted by molar-refractivity contribution is -0.101. The summed E-state index contributed by atoms with van der Waals surface area (Å²) < 4.78 is 6.79. The summed E-state index contributed by atoms with van der Waals surface area (Å²) >= 11 is 0. The summed E-state index contributed by atoms with van der Waals surface area (Å²) in [6.07, 6.45) is -1.07. The Kier molecular flexibility index (Phi) is 4.42. The van der Waals surface area contributed by atoms with Gasteiger partial charge in [0, 0.05) is 23.7 Å². The lowest BCUT2D eigenvalue weighted by atomic mass is 9.88. The first-order chi connectivity index (χ1) is 11.9. The first kappa shape index (κ1) is 17.3. The fraction of sp³-hybridized carbons (Fsp3) is 0.353. The molecule has 0 saturated carbocycles. The molecule has 1 fully saturated rings. The maximum absolute atomic E-state index is 12.8. The van der Waals surface area contributed by atoms with Crippen LogP contribution in [0.1, 0.15) is 28.6 Å². The van der Waals surface area contributed by atoms with Gasteiger partial charge in [0.15, 0.2) is 11.4 Å². The Morgan fingerprint density at radius 3 is 2.68 bits per heavy atom. The van der Waals surface area contributed by atoms with Crippen LogP contribution in [0.2, 0.25) is 0 Å². The van der Waals surface area contributed by atoms with Crippen LogP contribution in [0.15, 0.2) is 46.1 Å². The maximum atomic E-state index is 12.8. The minimum absolute atomic E-state index is 0.0788. The van der Waals surface area contributed by atoms with Crippen molar-refractivity contribution in [2.45, 2.75) is 31.3 Å². The molecule has 25 heavy (non-hydrogen) atoms. The number of ketones is 1. The largest absolute Gasteiger partial charge is 0.393 e. The number of aromatic amines is 1. The summed E-state index contributed by atoms with van der Waals surface area (Å²) in [5.41, 5.74) is -2.53. The fourth-order valence-corrected chi connectivity index (χ4v) is 2.97. The van der Waals surface area contributed by atoms with Crippen LogP contribution in [0.25, 0.3) is 0 Å². The summed E-state index contributed by atoms with van der Waals surface area (Å²) in [6.45, 7) is 0.782. The molecule has 8 nitrogen and oxygen atoms in total. The zero-order chi connectivity index (χ0) is 18.2. The average Bonchev–Trinajstić information content (AvgIpc) is 2.95. The van der Waals surface area contributed by atoms with E-state index in [1.165, 1.54) is 13.1 Å². The van der Waals surface area contributed by atoms with Crippen molar-refractivity contribution in [3.63, 3.8) is 0 Å².